The van der Waals surface area contributed by atoms with Gasteiger partial charge in [0.15, 0.2) is 11.5 Å². The largest absolute Gasteiger partial charge is 0.489 e. The second kappa shape index (κ2) is 14.0. The first-order chi connectivity index (χ1) is 23.2. The number of rotatable bonds is 10. The van der Waals surface area contributed by atoms with Crippen molar-refractivity contribution in [1.29, 1.82) is 0 Å². The van der Waals surface area contributed by atoms with Gasteiger partial charge in [-0.25, -0.2) is 13.8 Å². The summed E-state index contributed by atoms with van der Waals surface area (Å²) in [6.07, 6.45) is 6.12. The molecule has 6 rings (SSSR count). The number of aromatic nitrogens is 3. The zero-order chi connectivity index (χ0) is 33.8. The molecule has 3 aromatic carbocycles. The van der Waals surface area contributed by atoms with Crippen LogP contribution in [-0.4, -0.2) is 53.1 Å². The molecule has 0 saturated carbocycles. The van der Waals surface area contributed by atoms with Crippen LogP contribution in [0.15, 0.2) is 81.6 Å². The third-order valence-electron chi connectivity index (χ3n) is 7.36. The highest BCUT2D eigenvalue weighted by Gasteiger charge is 2.25. The topological polar surface area (TPSA) is 135 Å². The van der Waals surface area contributed by atoms with Crippen LogP contribution in [0, 0.1) is 5.82 Å². The van der Waals surface area contributed by atoms with E-state index in [1.807, 2.05) is 6.21 Å². The lowest BCUT2D eigenvalue weighted by atomic mass is 10.1. The quantitative estimate of drug-likeness (QED) is 0.151. The molecule has 1 N–H and O–H groups in total. The Balaban J connectivity index is 1.25. The molecular weight excluding hydrogens is 645 g/mol. The Morgan fingerprint density at radius 3 is 2.60 bits per heavy atom. The van der Waals surface area contributed by atoms with Gasteiger partial charge in [0, 0.05) is 38.6 Å². The molecule has 5 aromatic rings. The van der Waals surface area contributed by atoms with Crippen molar-refractivity contribution in [2.75, 3.05) is 32.2 Å². The molecule has 0 atom stereocenters. The summed E-state index contributed by atoms with van der Waals surface area (Å²) >= 11 is 6.55. The number of ether oxygens (including phenoxy) is 4. The molecule has 12 nitrogen and oxygen atoms in total. The molecule has 2 aromatic heterocycles. The van der Waals surface area contributed by atoms with Crippen LogP contribution in [0.25, 0.3) is 16.6 Å². The Hall–Kier alpha value is -5.69. The van der Waals surface area contributed by atoms with Gasteiger partial charge in [0.05, 0.1) is 33.9 Å². The molecule has 246 valence electrons. The fourth-order valence-electron chi connectivity index (χ4n) is 5.07. The number of nitrogens with zero attached hydrogens (tertiary/aromatic N) is 4. The average Bonchev–Trinajstić information content (AvgIpc) is 3.08. The maximum Gasteiger partial charge on any atom is 0.335 e. The van der Waals surface area contributed by atoms with Crippen molar-refractivity contribution in [3.63, 3.8) is 0 Å². The highest BCUT2D eigenvalue weighted by atomic mass is 35.5. The van der Waals surface area contributed by atoms with E-state index in [0.717, 1.165) is 40.3 Å². The van der Waals surface area contributed by atoms with E-state index in [2.05, 4.69) is 15.3 Å². The van der Waals surface area contributed by atoms with Crippen LogP contribution in [0.1, 0.15) is 23.2 Å². The minimum atomic E-state index is -0.878. The number of unbranched alkanes of at least 4 members (excludes halogenated alkanes) is 1. The Bertz CT molecular complexity index is 2170. The first-order valence-electron chi connectivity index (χ1n) is 14.9. The number of nitrogens with one attached hydrogen (secondary N) is 1. The summed E-state index contributed by atoms with van der Waals surface area (Å²) in [4.78, 5) is 47.7. The van der Waals surface area contributed by atoms with Crippen molar-refractivity contribution in [3.05, 3.63) is 104 Å². The molecule has 1 aliphatic rings. The minimum absolute atomic E-state index is 0.111. The predicted octanol–water partition coefficient (Wildman–Crippen LogP) is 5.55. The first-order valence-corrected chi connectivity index (χ1v) is 15.2. The van der Waals surface area contributed by atoms with Crippen LogP contribution >= 0.6 is 11.6 Å². The predicted molar refractivity (Wildman–Crippen MR) is 179 cm³/mol. The molecule has 0 radical (unpaired) electrons. The van der Waals surface area contributed by atoms with Gasteiger partial charge in [0.1, 0.15) is 36.1 Å². The summed E-state index contributed by atoms with van der Waals surface area (Å²) < 4.78 is 39.5. The van der Waals surface area contributed by atoms with Gasteiger partial charge in [-0.05, 0) is 61.5 Å². The summed E-state index contributed by atoms with van der Waals surface area (Å²) in [7, 11) is 3.12. The molecule has 0 saturated heterocycles. The second-order valence-corrected chi connectivity index (χ2v) is 11.0. The molecule has 0 spiro atoms. The summed E-state index contributed by atoms with van der Waals surface area (Å²) in [5, 5.41) is 3.32. The van der Waals surface area contributed by atoms with Gasteiger partial charge in [-0.15, -0.1) is 0 Å². The number of aliphatic imine (C=N–C) groups is 1. The summed E-state index contributed by atoms with van der Waals surface area (Å²) in [5.41, 5.74) is -1.04. The van der Waals surface area contributed by atoms with Crippen molar-refractivity contribution in [2.45, 2.75) is 12.8 Å². The van der Waals surface area contributed by atoms with Gasteiger partial charge in [0.2, 0.25) is 5.75 Å². The Morgan fingerprint density at radius 1 is 1.08 bits per heavy atom. The normalized spacial score (nSPS) is 12.3. The zero-order valence-corrected chi connectivity index (χ0v) is 26.6. The van der Waals surface area contributed by atoms with Crippen molar-refractivity contribution < 1.29 is 28.1 Å². The van der Waals surface area contributed by atoms with E-state index >= 15 is 0 Å². The number of carbonyl (C=O) groups is 1. The standard InChI is InChI=1S/C34H29ClFN5O7/c1-37-12-3-4-14-45-28-18-26-29(31-30(28)46-15-16-47-31)27(11-13-38-26)48-22-9-10-25(24(35)17-22)39-32(42)23-19-40(2)34(44)41(33(23)43)21-7-5-20(36)6-8-21/h5-13,17-19H,3-4,14-16H2,1-2H3,(H,39,42). The van der Waals surface area contributed by atoms with Crippen molar-refractivity contribution in [3.8, 4) is 34.4 Å². The smallest absolute Gasteiger partial charge is 0.335 e. The number of carbonyl (C=O) groups excluding carboxylic acids is 1. The molecule has 0 aliphatic carbocycles. The molecule has 1 aliphatic heterocycles. The van der Waals surface area contributed by atoms with Gasteiger partial charge in [-0.3, -0.25) is 14.6 Å². The first kappa shape index (κ1) is 32.3. The maximum atomic E-state index is 13.5. The van der Waals surface area contributed by atoms with E-state index in [1.54, 1.807) is 31.4 Å². The Morgan fingerprint density at radius 2 is 1.85 bits per heavy atom. The number of pyridine rings is 1. The number of hydrogen-bond acceptors (Lipinski definition) is 9. The number of halogens is 2. The van der Waals surface area contributed by atoms with Crippen molar-refractivity contribution >= 4 is 40.3 Å². The van der Waals surface area contributed by atoms with Crippen LogP contribution in [-0.2, 0) is 7.05 Å². The zero-order valence-electron chi connectivity index (χ0n) is 25.9. The third-order valence-corrected chi connectivity index (χ3v) is 7.67. The Kier molecular flexibility index (Phi) is 9.39. The van der Waals surface area contributed by atoms with Gasteiger partial charge in [0.25, 0.3) is 11.5 Å². The lowest BCUT2D eigenvalue weighted by molar-refractivity contribution is 0.102. The molecule has 1 amide bonds. The minimum Gasteiger partial charge on any atom is -0.489 e. The highest BCUT2D eigenvalue weighted by molar-refractivity contribution is 6.34. The SMILES string of the molecule is CN=CCCCOc1cc2nccc(Oc3ccc(NC(=O)c4cn(C)c(=O)n(-c5ccc(F)cc5)c4=O)c(Cl)c3)c2c2c1OCCO2. The number of anilines is 1. The number of fused-ring (bicyclic) bond motifs is 3. The monoisotopic (exact) mass is 673 g/mol. The molecule has 0 fully saturated rings. The van der Waals surface area contributed by atoms with Gasteiger partial charge in [-0.2, -0.15) is 0 Å². The van der Waals surface area contributed by atoms with E-state index in [4.69, 9.17) is 30.5 Å². The van der Waals surface area contributed by atoms with Gasteiger partial charge in [-0.1, -0.05) is 11.6 Å². The number of benzene rings is 3. The van der Waals surface area contributed by atoms with E-state index < -0.39 is 23.0 Å². The highest BCUT2D eigenvalue weighted by Crippen LogP contribution is 2.48. The lowest BCUT2D eigenvalue weighted by Crippen LogP contribution is -2.41. The number of aryl methyl sites for hydroxylation is 1. The van der Waals surface area contributed by atoms with E-state index in [9.17, 15) is 18.8 Å². The molecule has 0 unspecified atom stereocenters. The van der Waals surface area contributed by atoms with Crippen LogP contribution in [0.2, 0.25) is 5.02 Å². The van der Waals surface area contributed by atoms with E-state index in [0.29, 0.717) is 59.5 Å². The fourth-order valence-corrected chi connectivity index (χ4v) is 5.29. The molecule has 48 heavy (non-hydrogen) atoms. The summed E-state index contributed by atoms with van der Waals surface area (Å²) in [5.74, 6) is 0.849. The van der Waals surface area contributed by atoms with Crippen molar-refractivity contribution in [2.24, 2.45) is 12.0 Å². The summed E-state index contributed by atoms with van der Waals surface area (Å²) in [6, 6.07) is 12.8. The number of hydrogen-bond donors (Lipinski definition) is 1. The average molecular weight is 674 g/mol. The van der Waals surface area contributed by atoms with Gasteiger partial charge >= 0.3 is 5.69 Å². The molecule has 3 heterocycles. The van der Waals surface area contributed by atoms with Crippen LogP contribution < -0.4 is 35.5 Å². The second-order valence-electron chi connectivity index (χ2n) is 10.6. The third kappa shape index (κ3) is 6.58. The molecular formula is C34H29ClFN5O7. The molecule has 14 heteroatoms. The number of amides is 1. The Labute approximate surface area is 277 Å². The van der Waals surface area contributed by atoms with Gasteiger partial charge < -0.3 is 33.8 Å². The van der Waals surface area contributed by atoms with Crippen LogP contribution in [0.4, 0.5) is 10.1 Å². The van der Waals surface area contributed by atoms with Crippen LogP contribution in [0.5, 0.6) is 28.7 Å². The lowest BCUT2D eigenvalue weighted by Gasteiger charge is -2.23. The van der Waals surface area contributed by atoms with Crippen LogP contribution in [0.3, 0.4) is 0 Å². The summed E-state index contributed by atoms with van der Waals surface area (Å²) in [6.45, 7) is 1.14. The van der Waals surface area contributed by atoms with E-state index in [1.165, 1.54) is 31.3 Å². The van der Waals surface area contributed by atoms with E-state index in [-0.39, 0.29) is 22.0 Å². The fraction of sp³-hybridized carbons (Fsp3) is 0.206. The molecule has 0 bridgehead atoms. The maximum absolute atomic E-state index is 13.5. The van der Waals surface area contributed by atoms with Crippen molar-refractivity contribution in [1.82, 2.24) is 14.1 Å².